The van der Waals surface area contributed by atoms with E-state index in [4.69, 9.17) is 4.74 Å². The third kappa shape index (κ3) is 5.53. The van der Waals surface area contributed by atoms with Gasteiger partial charge in [-0.15, -0.1) is 11.8 Å². The molecular formula is C35H25F6N3O5S2. The normalized spacial score (nSPS) is 26.5. The number of hydrogen-bond acceptors (Lipinski definition) is 7. The zero-order chi connectivity index (χ0) is 36.0. The van der Waals surface area contributed by atoms with E-state index in [0.29, 0.717) is 26.8 Å². The number of carbonyl (C=O) groups is 3. The number of thioether (sulfide) groups is 1. The lowest BCUT2D eigenvalue weighted by Crippen LogP contribution is -2.42. The molecule has 7 atom stereocenters. The first-order valence-electron chi connectivity index (χ1n) is 15.8. The predicted molar refractivity (Wildman–Crippen MR) is 174 cm³/mol. The summed E-state index contributed by atoms with van der Waals surface area (Å²) in [6.07, 6.45) is -8.91. The first-order chi connectivity index (χ1) is 24.2. The summed E-state index contributed by atoms with van der Waals surface area (Å²) in [6, 6.07) is 15.5. The summed E-state index contributed by atoms with van der Waals surface area (Å²) in [4.78, 5) is 57.4. The van der Waals surface area contributed by atoms with Crippen LogP contribution < -0.4 is 19.8 Å². The second-order valence-electron chi connectivity index (χ2n) is 12.9. The number of thiazole rings is 1. The van der Waals surface area contributed by atoms with Crippen molar-refractivity contribution in [1.29, 1.82) is 0 Å². The topological polar surface area (TPSA) is 109 Å². The van der Waals surface area contributed by atoms with E-state index < -0.39 is 77.2 Å². The Kier molecular flexibility index (Phi) is 7.90. The lowest BCUT2D eigenvalue weighted by molar-refractivity contribution is -0.138. The third-order valence-electron chi connectivity index (χ3n) is 10.3. The van der Waals surface area contributed by atoms with Gasteiger partial charge < -0.3 is 15.0 Å². The fourth-order valence-corrected chi connectivity index (χ4v) is 11.4. The maximum Gasteiger partial charge on any atom is 0.418 e. The minimum absolute atomic E-state index is 0.0696. The number of carbonyl (C=O) groups excluding carboxylic acids is 3. The number of aromatic nitrogens is 1. The predicted octanol–water partition coefficient (Wildman–Crippen LogP) is 7.17. The molecule has 16 heteroatoms. The molecule has 3 aromatic carbocycles. The first-order valence-corrected chi connectivity index (χ1v) is 17.5. The molecule has 1 aromatic heterocycles. The molecule has 8 rings (SSSR count). The maximum atomic E-state index is 14.1. The summed E-state index contributed by atoms with van der Waals surface area (Å²) in [6.45, 7) is -0.559. The summed E-state index contributed by atoms with van der Waals surface area (Å²) in [5.74, 6) is -5.10. The van der Waals surface area contributed by atoms with Crippen LogP contribution in [0.5, 0.6) is 5.75 Å². The van der Waals surface area contributed by atoms with Crippen molar-refractivity contribution in [3.63, 3.8) is 0 Å². The van der Waals surface area contributed by atoms with E-state index >= 15 is 0 Å². The number of benzene rings is 3. The van der Waals surface area contributed by atoms with Crippen molar-refractivity contribution in [2.75, 3.05) is 16.8 Å². The minimum Gasteiger partial charge on any atom is -0.483 e. The summed E-state index contributed by atoms with van der Waals surface area (Å²) in [5, 5.41) is 2.73. The Hall–Kier alpha value is -4.57. The molecule has 264 valence electrons. The van der Waals surface area contributed by atoms with Crippen LogP contribution in [0.3, 0.4) is 0 Å². The second-order valence-corrected chi connectivity index (χ2v) is 15.1. The van der Waals surface area contributed by atoms with Gasteiger partial charge in [0.2, 0.25) is 11.8 Å². The zero-order valence-electron chi connectivity index (χ0n) is 26.0. The standard InChI is InChI=1S/C35H25F6N3O5S2/c36-34(37,38)15-6-5-7-16(12-15)42-23(45)14-49-22-11-4-1-8-17(22)24-25-18-13-19(28(25)50-30-29(24)51-33(48)43-30)27-26(18)31(46)44(32(27)47)21-10-3-2-9-20(21)35(39,40)41/h1-12,18-19,24-28H,13-14H2,(H,42,45)(H,43,48)/t18?,19?,24-,25?,26?,27?,28?/m1/s1. The quantitative estimate of drug-likeness (QED) is 0.160. The second kappa shape index (κ2) is 12.0. The zero-order valence-corrected chi connectivity index (χ0v) is 27.6. The molecule has 4 aliphatic rings. The molecule has 6 unspecified atom stereocenters. The molecule has 0 spiro atoms. The van der Waals surface area contributed by atoms with Gasteiger partial charge in [-0.3, -0.25) is 19.2 Å². The van der Waals surface area contributed by atoms with E-state index in [2.05, 4.69) is 10.3 Å². The van der Waals surface area contributed by atoms with E-state index in [-0.39, 0.29) is 33.4 Å². The molecule has 8 nitrogen and oxygen atoms in total. The minimum atomic E-state index is -4.79. The average molecular weight is 746 g/mol. The van der Waals surface area contributed by atoms with Crippen LogP contribution in [0, 0.1) is 29.6 Å². The number of amides is 3. The maximum absolute atomic E-state index is 14.1. The molecular weight excluding hydrogens is 721 g/mol. The van der Waals surface area contributed by atoms with E-state index in [1.165, 1.54) is 36.0 Å². The van der Waals surface area contributed by atoms with Crippen LogP contribution in [0.15, 0.2) is 82.6 Å². The molecule has 2 aliphatic carbocycles. The molecule has 1 saturated heterocycles. The fraction of sp³-hybridized carbons (Fsp3) is 0.314. The number of nitrogens with one attached hydrogen (secondary N) is 2. The Morgan fingerprint density at radius 2 is 1.59 bits per heavy atom. The molecule has 2 bridgehead atoms. The molecule has 3 fully saturated rings. The number of anilines is 2. The Bertz CT molecular complexity index is 2150. The first kappa shape index (κ1) is 33.6. The number of halogens is 6. The van der Waals surface area contributed by atoms with E-state index in [1.807, 2.05) is 0 Å². The highest BCUT2D eigenvalue weighted by atomic mass is 32.2. The molecule has 2 saturated carbocycles. The van der Waals surface area contributed by atoms with Crippen molar-refractivity contribution in [2.45, 2.75) is 35.0 Å². The van der Waals surface area contributed by atoms with Crippen molar-refractivity contribution in [1.82, 2.24) is 4.98 Å². The van der Waals surface area contributed by atoms with Crippen LogP contribution in [-0.2, 0) is 26.7 Å². The highest BCUT2D eigenvalue weighted by Gasteiger charge is 2.70. The molecule has 51 heavy (non-hydrogen) atoms. The highest BCUT2D eigenvalue weighted by molar-refractivity contribution is 8.00. The lowest BCUT2D eigenvalue weighted by Gasteiger charge is -2.43. The summed E-state index contributed by atoms with van der Waals surface area (Å²) >= 11 is 2.39. The Morgan fingerprint density at radius 1 is 0.882 bits per heavy atom. The Morgan fingerprint density at radius 3 is 2.33 bits per heavy atom. The number of rotatable bonds is 6. The number of alkyl halides is 6. The van der Waals surface area contributed by atoms with Crippen molar-refractivity contribution < 1.29 is 45.5 Å². The van der Waals surface area contributed by atoms with Crippen molar-refractivity contribution in [3.05, 3.63) is 104 Å². The highest BCUT2D eigenvalue weighted by Crippen LogP contribution is 2.69. The van der Waals surface area contributed by atoms with Gasteiger partial charge >= 0.3 is 17.2 Å². The van der Waals surface area contributed by atoms with Gasteiger partial charge in [-0.25, -0.2) is 4.90 Å². The summed E-state index contributed by atoms with van der Waals surface area (Å²) in [7, 11) is 0. The van der Waals surface area contributed by atoms with Crippen LogP contribution in [0.25, 0.3) is 0 Å². The van der Waals surface area contributed by atoms with Crippen LogP contribution >= 0.6 is 23.1 Å². The lowest BCUT2D eigenvalue weighted by atomic mass is 9.68. The average Bonchev–Trinajstić information content (AvgIpc) is 3.82. The Balaban J connectivity index is 1.11. The molecule has 3 amide bonds. The number of H-pyrrole nitrogens is 1. The fourth-order valence-electron chi connectivity index (χ4n) is 8.49. The van der Waals surface area contributed by atoms with Gasteiger partial charge in [0.25, 0.3) is 5.91 Å². The molecule has 3 heterocycles. The number of hydrogen-bond donors (Lipinski definition) is 2. The van der Waals surface area contributed by atoms with Crippen LogP contribution in [0.1, 0.15) is 33.9 Å². The van der Waals surface area contributed by atoms with E-state index in [1.54, 1.807) is 24.3 Å². The third-order valence-corrected chi connectivity index (χ3v) is 12.8. The monoisotopic (exact) mass is 745 g/mol. The van der Waals surface area contributed by atoms with Gasteiger partial charge in [-0.2, -0.15) is 26.3 Å². The van der Waals surface area contributed by atoms with Gasteiger partial charge in [0.1, 0.15) is 5.75 Å². The van der Waals surface area contributed by atoms with E-state index in [0.717, 1.165) is 35.6 Å². The number of ether oxygens (including phenoxy) is 1. The van der Waals surface area contributed by atoms with Crippen molar-refractivity contribution in [2.24, 2.45) is 29.6 Å². The molecule has 4 aromatic rings. The van der Waals surface area contributed by atoms with Crippen LogP contribution in [0.4, 0.5) is 37.7 Å². The van der Waals surface area contributed by atoms with Crippen molar-refractivity contribution >= 4 is 52.2 Å². The largest absolute Gasteiger partial charge is 0.483 e. The number of imide groups is 1. The smallest absolute Gasteiger partial charge is 0.418 e. The van der Waals surface area contributed by atoms with Gasteiger partial charge in [0, 0.05) is 27.3 Å². The van der Waals surface area contributed by atoms with Crippen LogP contribution in [0.2, 0.25) is 0 Å². The van der Waals surface area contributed by atoms with E-state index in [9.17, 15) is 45.5 Å². The van der Waals surface area contributed by atoms with Crippen molar-refractivity contribution in [3.8, 4) is 5.75 Å². The van der Waals surface area contributed by atoms with Gasteiger partial charge in [0.15, 0.2) is 6.61 Å². The summed E-state index contributed by atoms with van der Waals surface area (Å²) in [5.41, 5.74) is -1.98. The van der Waals surface area contributed by atoms with Gasteiger partial charge in [-0.05, 0) is 60.6 Å². The van der Waals surface area contributed by atoms with Gasteiger partial charge in [-0.1, -0.05) is 47.7 Å². The molecule has 2 aliphatic heterocycles. The number of para-hydroxylation sites is 2. The van der Waals surface area contributed by atoms with Gasteiger partial charge in [0.05, 0.1) is 33.7 Å². The molecule has 0 radical (unpaired) electrons. The van der Waals surface area contributed by atoms with Crippen LogP contribution in [-0.4, -0.2) is 34.6 Å². The SMILES string of the molecule is O=C(COc1ccccc1[C@H]1c2sc(=O)[nH]c2SC2C3CC(C4C(=O)N(c5ccccc5C(F)(F)F)C(=O)C34)C21)Nc1cccc(C(F)(F)F)c1. The number of aromatic amines is 1. The molecule has 2 N–H and O–H groups in total. The number of fused-ring (bicyclic) bond motifs is 9. The summed E-state index contributed by atoms with van der Waals surface area (Å²) < 4.78 is 87.5. The number of nitrogens with zero attached hydrogens (tertiary/aromatic N) is 1. The Labute approximate surface area is 293 Å².